The van der Waals surface area contributed by atoms with Crippen LogP contribution in [-0.4, -0.2) is 16.1 Å². The van der Waals surface area contributed by atoms with Crippen LogP contribution < -0.4 is 5.32 Å². The lowest BCUT2D eigenvalue weighted by atomic mass is 10.2. The van der Waals surface area contributed by atoms with E-state index in [9.17, 15) is 9.18 Å². The minimum absolute atomic E-state index is 0.245. The first-order chi connectivity index (χ1) is 12.6. The molecular formula is C18H13ClFN3OS2. The van der Waals surface area contributed by atoms with Crippen LogP contribution >= 0.6 is 34.7 Å². The van der Waals surface area contributed by atoms with E-state index in [1.54, 1.807) is 36.4 Å². The summed E-state index contributed by atoms with van der Waals surface area (Å²) in [5, 5.41) is 11.6. The number of amides is 1. The first-order valence-electron chi connectivity index (χ1n) is 7.54. The van der Waals surface area contributed by atoms with Gasteiger partial charge < -0.3 is 0 Å². The van der Waals surface area contributed by atoms with Gasteiger partial charge in [0.2, 0.25) is 11.0 Å². The van der Waals surface area contributed by atoms with Crippen LogP contribution in [0.4, 0.5) is 9.52 Å². The smallest absolute Gasteiger partial charge is 0.250 e. The van der Waals surface area contributed by atoms with Crippen LogP contribution in [0, 0.1) is 5.82 Å². The third kappa shape index (κ3) is 5.39. The molecule has 1 heterocycles. The summed E-state index contributed by atoms with van der Waals surface area (Å²) in [5.41, 5.74) is 1.46. The number of carbonyl (C=O) groups excluding carboxylic acids is 1. The highest BCUT2D eigenvalue weighted by molar-refractivity contribution is 8.00. The second-order valence-corrected chi connectivity index (χ2v) is 7.76. The average molecular weight is 406 g/mol. The van der Waals surface area contributed by atoms with Crippen molar-refractivity contribution in [2.24, 2.45) is 0 Å². The van der Waals surface area contributed by atoms with Crippen molar-refractivity contribution < 1.29 is 9.18 Å². The molecule has 0 bridgehead atoms. The van der Waals surface area contributed by atoms with Gasteiger partial charge in [-0.3, -0.25) is 10.1 Å². The number of benzene rings is 2. The molecule has 0 spiro atoms. The number of anilines is 1. The first kappa shape index (κ1) is 18.6. The summed E-state index contributed by atoms with van der Waals surface area (Å²) >= 11 is 8.43. The fourth-order valence-electron chi connectivity index (χ4n) is 1.97. The van der Waals surface area contributed by atoms with Crippen LogP contribution in [0.25, 0.3) is 6.08 Å². The molecule has 1 amide bonds. The van der Waals surface area contributed by atoms with Crippen LogP contribution in [-0.2, 0) is 10.5 Å². The van der Waals surface area contributed by atoms with Crippen LogP contribution in [0.3, 0.4) is 0 Å². The Bertz CT molecular complexity index is 928. The Morgan fingerprint density at radius 3 is 2.73 bits per heavy atom. The Labute approximate surface area is 163 Å². The highest BCUT2D eigenvalue weighted by Gasteiger charge is 2.08. The number of aromatic nitrogens is 2. The van der Waals surface area contributed by atoms with Crippen LogP contribution in [0.15, 0.2) is 58.9 Å². The van der Waals surface area contributed by atoms with Crippen molar-refractivity contribution in [1.82, 2.24) is 10.2 Å². The number of rotatable bonds is 6. The largest absolute Gasteiger partial charge is 0.297 e. The zero-order valence-electron chi connectivity index (χ0n) is 13.4. The maximum absolute atomic E-state index is 13.6. The van der Waals surface area contributed by atoms with E-state index in [4.69, 9.17) is 11.6 Å². The summed E-state index contributed by atoms with van der Waals surface area (Å²) in [7, 11) is 0. The van der Waals surface area contributed by atoms with E-state index in [1.165, 1.54) is 35.2 Å². The SMILES string of the molecule is O=C(/C=C/c1ccc(Cl)cc1)Nc1nnc(SCc2ccccc2F)s1. The Balaban J connectivity index is 1.53. The van der Waals surface area contributed by atoms with Crippen molar-refractivity contribution >= 4 is 51.8 Å². The fourth-order valence-corrected chi connectivity index (χ4v) is 3.83. The molecule has 1 N–H and O–H groups in total. The monoisotopic (exact) mass is 405 g/mol. The fraction of sp³-hybridized carbons (Fsp3) is 0.0556. The van der Waals surface area contributed by atoms with Gasteiger partial charge in [0.05, 0.1) is 0 Å². The first-order valence-corrected chi connectivity index (χ1v) is 9.72. The molecule has 26 heavy (non-hydrogen) atoms. The van der Waals surface area contributed by atoms with E-state index < -0.39 is 0 Å². The van der Waals surface area contributed by atoms with Crippen LogP contribution in [0.2, 0.25) is 5.02 Å². The molecule has 0 saturated heterocycles. The molecule has 0 fully saturated rings. The molecule has 0 saturated carbocycles. The number of hydrogen-bond acceptors (Lipinski definition) is 5. The molecule has 2 aromatic carbocycles. The Hall–Kier alpha value is -2.22. The second-order valence-electron chi connectivity index (χ2n) is 5.13. The van der Waals surface area contributed by atoms with Gasteiger partial charge in [-0.1, -0.05) is 65.0 Å². The summed E-state index contributed by atoms with van der Waals surface area (Å²) in [4.78, 5) is 11.9. The zero-order chi connectivity index (χ0) is 18.4. The molecule has 0 aliphatic carbocycles. The van der Waals surface area contributed by atoms with E-state index in [1.807, 2.05) is 12.1 Å². The molecule has 0 radical (unpaired) electrons. The maximum atomic E-state index is 13.6. The topological polar surface area (TPSA) is 54.9 Å². The summed E-state index contributed by atoms with van der Waals surface area (Å²) in [5.74, 6) is -0.0988. The maximum Gasteiger partial charge on any atom is 0.250 e. The lowest BCUT2D eigenvalue weighted by Gasteiger charge is -1.99. The van der Waals surface area contributed by atoms with Gasteiger partial charge in [-0.25, -0.2) is 4.39 Å². The third-order valence-electron chi connectivity index (χ3n) is 3.24. The summed E-state index contributed by atoms with van der Waals surface area (Å²) in [6.45, 7) is 0. The molecule has 0 unspecified atom stereocenters. The minimum Gasteiger partial charge on any atom is -0.297 e. The van der Waals surface area contributed by atoms with Gasteiger partial charge >= 0.3 is 0 Å². The number of hydrogen-bond donors (Lipinski definition) is 1. The van der Waals surface area contributed by atoms with Gasteiger partial charge in [-0.2, -0.15) is 0 Å². The molecule has 1 aromatic heterocycles. The molecule has 0 aliphatic heterocycles. The molecule has 4 nitrogen and oxygen atoms in total. The van der Waals surface area contributed by atoms with Gasteiger partial charge in [0.25, 0.3) is 0 Å². The molecule has 132 valence electrons. The number of thioether (sulfide) groups is 1. The van der Waals surface area contributed by atoms with E-state index in [0.29, 0.717) is 25.8 Å². The molecule has 0 atom stereocenters. The van der Waals surface area contributed by atoms with Crippen molar-refractivity contribution in [2.45, 2.75) is 10.1 Å². The number of halogens is 2. The van der Waals surface area contributed by atoms with Gasteiger partial charge in [-0.15, -0.1) is 10.2 Å². The predicted molar refractivity (Wildman–Crippen MR) is 105 cm³/mol. The molecular weight excluding hydrogens is 393 g/mol. The van der Waals surface area contributed by atoms with Crippen molar-refractivity contribution in [2.75, 3.05) is 5.32 Å². The lowest BCUT2D eigenvalue weighted by Crippen LogP contribution is -2.07. The summed E-state index contributed by atoms with van der Waals surface area (Å²) in [6.07, 6.45) is 3.09. The number of carbonyl (C=O) groups is 1. The number of nitrogens with one attached hydrogen (secondary N) is 1. The normalized spacial score (nSPS) is 11.0. The van der Waals surface area contributed by atoms with E-state index in [-0.39, 0.29) is 11.7 Å². The molecule has 3 rings (SSSR count). The van der Waals surface area contributed by atoms with Gasteiger partial charge in [0, 0.05) is 16.9 Å². The van der Waals surface area contributed by atoms with Gasteiger partial charge in [0.1, 0.15) is 5.82 Å². The summed E-state index contributed by atoms with van der Waals surface area (Å²) in [6, 6.07) is 13.7. The second kappa shape index (κ2) is 8.93. The van der Waals surface area contributed by atoms with E-state index >= 15 is 0 Å². The zero-order valence-corrected chi connectivity index (χ0v) is 15.7. The number of nitrogens with zero attached hydrogens (tertiary/aromatic N) is 2. The van der Waals surface area contributed by atoms with Gasteiger partial charge in [0.15, 0.2) is 4.34 Å². The molecule has 8 heteroatoms. The third-order valence-corrected chi connectivity index (χ3v) is 5.52. The Kier molecular flexibility index (Phi) is 6.38. The quantitative estimate of drug-likeness (QED) is 0.344. The lowest BCUT2D eigenvalue weighted by molar-refractivity contribution is -0.111. The van der Waals surface area contributed by atoms with Gasteiger partial charge in [-0.05, 0) is 35.4 Å². The van der Waals surface area contributed by atoms with Crippen LogP contribution in [0.5, 0.6) is 0 Å². The minimum atomic E-state index is -0.304. The highest BCUT2D eigenvalue weighted by atomic mass is 35.5. The molecule has 0 aliphatic rings. The van der Waals surface area contributed by atoms with Crippen molar-refractivity contribution in [3.05, 3.63) is 76.6 Å². The van der Waals surface area contributed by atoms with E-state index in [0.717, 1.165) is 5.56 Å². The Morgan fingerprint density at radius 2 is 1.96 bits per heavy atom. The van der Waals surface area contributed by atoms with E-state index in [2.05, 4.69) is 15.5 Å². The Morgan fingerprint density at radius 1 is 1.19 bits per heavy atom. The van der Waals surface area contributed by atoms with Crippen LogP contribution in [0.1, 0.15) is 11.1 Å². The van der Waals surface area contributed by atoms with Crippen molar-refractivity contribution in [3.8, 4) is 0 Å². The van der Waals surface area contributed by atoms with Crippen molar-refractivity contribution in [1.29, 1.82) is 0 Å². The molecule has 3 aromatic rings. The summed E-state index contributed by atoms with van der Waals surface area (Å²) < 4.78 is 14.3. The average Bonchev–Trinajstić information content (AvgIpc) is 3.08. The standard InChI is InChI=1S/C18H13ClFN3OS2/c19-14-8-5-12(6-9-14)7-10-16(24)21-17-22-23-18(26-17)25-11-13-3-1-2-4-15(13)20/h1-10H,11H2,(H,21,22,24)/b10-7+. The predicted octanol–water partition coefficient (Wildman–Crippen LogP) is 5.27. The highest BCUT2D eigenvalue weighted by Crippen LogP contribution is 2.29. The van der Waals surface area contributed by atoms with Crippen molar-refractivity contribution in [3.63, 3.8) is 0 Å².